The van der Waals surface area contributed by atoms with Gasteiger partial charge in [-0.1, -0.05) is 6.92 Å². The molecule has 3 atom stereocenters. The summed E-state index contributed by atoms with van der Waals surface area (Å²) in [7, 11) is -4.50. The summed E-state index contributed by atoms with van der Waals surface area (Å²) in [6.07, 6.45) is 2.26. The number of benzene rings is 1. The Morgan fingerprint density at radius 1 is 1.21 bits per heavy atom. The molecule has 1 aromatic rings. The first-order valence-electron chi connectivity index (χ1n) is 6.04. The average molecular weight is 300 g/mol. The van der Waals surface area contributed by atoms with Gasteiger partial charge in [-0.25, -0.2) is 8.42 Å². The highest BCUT2D eigenvalue weighted by Crippen LogP contribution is 2.29. The van der Waals surface area contributed by atoms with Crippen molar-refractivity contribution in [2.75, 3.05) is 6.26 Å². The number of hydrogen-bond donors (Lipinski definition) is 0. The molecule has 0 spiro atoms. The molecule has 6 heteroatoms. The molecule has 0 saturated heterocycles. The zero-order valence-corrected chi connectivity index (χ0v) is 12.5. The van der Waals surface area contributed by atoms with Gasteiger partial charge in [0.05, 0.1) is 15.7 Å². The van der Waals surface area contributed by atoms with E-state index in [0.29, 0.717) is 17.7 Å². The Bertz CT molecular complexity index is 617. The Hall–Kier alpha value is -1.01. The van der Waals surface area contributed by atoms with Crippen LogP contribution in [-0.2, 0) is 25.4 Å². The lowest BCUT2D eigenvalue weighted by Crippen LogP contribution is -2.21. The molecule has 0 amide bonds. The number of ketones is 1. The molecule has 3 unspecified atom stereocenters. The van der Waals surface area contributed by atoms with Gasteiger partial charge in [-0.15, -0.1) is 0 Å². The van der Waals surface area contributed by atoms with E-state index < -0.39 is 20.6 Å². The molecule has 1 saturated carbocycles. The Morgan fingerprint density at radius 3 is 2.21 bits per heavy atom. The number of rotatable bonds is 3. The van der Waals surface area contributed by atoms with Crippen LogP contribution in [0.5, 0.6) is 0 Å². The maximum atomic E-state index is 12.4. The van der Waals surface area contributed by atoms with Crippen LogP contribution in [0.1, 0.15) is 19.8 Å². The first-order valence-corrected chi connectivity index (χ1v) is 9.14. The van der Waals surface area contributed by atoms with E-state index in [9.17, 15) is 17.4 Å². The van der Waals surface area contributed by atoms with Crippen molar-refractivity contribution in [3.05, 3.63) is 24.3 Å². The molecule has 4 nitrogen and oxygen atoms in total. The van der Waals surface area contributed by atoms with E-state index in [4.69, 9.17) is 0 Å². The van der Waals surface area contributed by atoms with Gasteiger partial charge in [0, 0.05) is 28.7 Å². The summed E-state index contributed by atoms with van der Waals surface area (Å²) in [6, 6.07) is 6.07. The number of carbonyl (C=O) groups excluding carboxylic acids is 1. The summed E-state index contributed by atoms with van der Waals surface area (Å²) in [5.41, 5.74) is 0. The number of Topliss-reactive ketones (excluding diaryl/α,β-unsaturated/α-hetero) is 1. The van der Waals surface area contributed by atoms with Crippen molar-refractivity contribution in [2.24, 2.45) is 5.92 Å². The zero-order chi connectivity index (χ0) is 14.2. The molecule has 0 heterocycles. The van der Waals surface area contributed by atoms with E-state index >= 15 is 0 Å². The van der Waals surface area contributed by atoms with E-state index in [2.05, 4.69) is 0 Å². The molecule has 0 N–H and O–H groups in total. The third kappa shape index (κ3) is 2.95. The van der Waals surface area contributed by atoms with Gasteiger partial charge >= 0.3 is 0 Å². The quantitative estimate of drug-likeness (QED) is 0.849. The van der Waals surface area contributed by atoms with E-state index in [1.54, 1.807) is 12.1 Å². The van der Waals surface area contributed by atoms with Crippen LogP contribution in [0.3, 0.4) is 0 Å². The minimum atomic E-state index is -3.24. The first kappa shape index (κ1) is 14.4. The van der Waals surface area contributed by atoms with E-state index in [1.807, 2.05) is 6.92 Å². The predicted octanol–water partition coefficient (Wildman–Crippen LogP) is 1.57. The standard InChI is InChI=1S/C13H16O4S2/c1-9-12(14)7-8-13(9)18(15)10-3-5-11(6-4-10)19(2,16)17/h3-6,9,13H,7-8H2,1-2H3. The van der Waals surface area contributed by atoms with Crippen LogP contribution in [0, 0.1) is 5.92 Å². The van der Waals surface area contributed by atoms with E-state index in [0.717, 1.165) is 6.26 Å². The fourth-order valence-electron chi connectivity index (χ4n) is 2.26. The summed E-state index contributed by atoms with van der Waals surface area (Å²) in [4.78, 5) is 12.3. The second kappa shape index (κ2) is 5.17. The summed E-state index contributed by atoms with van der Waals surface area (Å²) >= 11 is 0. The van der Waals surface area contributed by atoms with Crippen LogP contribution in [0.25, 0.3) is 0 Å². The van der Waals surface area contributed by atoms with Crippen molar-refractivity contribution < 1.29 is 17.4 Å². The monoisotopic (exact) mass is 300 g/mol. The minimum absolute atomic E-state index is 0.156. The SMILES string of the molecule is CC1C(=O)CCC1S(=O)c1ccc(S(C)(=O)=O)cc1. The normalized spacial score (nSPS) is 25.5. The van der Waals surface area contributed by atoms with E-state index in [-0.39, 0.29) is 21.8 Å². The zero-order valence-electron chi connectivity index (χ0n) is 10.8. The van der Waals surface area contributed by atoms with Crippen molar-refractivity contribution in [3.63, 3.8) is 0 Å². The molecule has 0 bridgehead atoms. The van der Waals surface area contributed by atoms with Gasteiger partial charge in [0.2, 0.25) is 0 Å². The second-order valence-electron chi connectivity index (χ2n) is 4.87. The highest BCUT2D eigenvalue weighted by molar-refractivity contribution is 7.90. The molecule has 1 aromatic carbocycles. The lowest BCUT2D eigenvalue weighted by Gasteiger charge is -2.13. The predicted molar refractivity (Wildman–Crippen MR) is 73.2 cm³/mol. The maximum Gasteiger partial charge on any atom is 0.175 e. The van der Waals surface area contributed by atoms with Gasteiger partial charge < -0.3 is 0 Å². The molecule has 0 aliphatic heterocycles. The van der Waals surface area contributed by atoms with Gasteiger partial charge in [0.15, 0.2) is 9.84 Å². The van der Waals surface area contributed by atoms with Crippen LogP contribution >= 0.6 is 0 Å². The first-order chi connectivity index (χ1) is 8.80. The number of sulfone groups is 1. The molecule has 1 aliphatic rings. The molecule has 0 aromatic heterocycles. The Balaban J connectivity index is 2.24. The molecular weight excluding hydrogens is 284 g/mol. The van der Waals surface area contributed by atoms with Crippen LogP contribution in [0.2, 0.25) is 0 Å². The van der Waals surface area contributed by atoms with Crippen molar-refractivity contribution in [3.8, 4) is 0 Å². The van der Waals surface area contributed by atoms with Gasteiger partial charge in [0.25, 0.3) is 0 Å². The van der Waals surface area contributed by atoms with E-state index in [1.165, 1.54) is 12.1 Å². The maximum absolute atomic E-state index is 12.4. The molecule has 0 radical (unpaired) electrons. The summed E-state index contributed by atoms with van der Waals surface area (Å²) < 4.78 is 35.1. The fraction of sp³-hybridized carbons (Fsp3) is 0.462. The smallest absolute Gasteiger partial charge is 0.175 e. The lowest BCUT2D eigenvalue weighted by molar-refractivity contribution is -0.120. The van der Waals surface area contributed by atoms with Crippen molar-refractivity contribution in [1.29, 1.82) is 0 Å². The number of carbonyl (C=O) groups is 1. The molecule has 104 valence electrons. The van der Waals surface area contributed by atoms with Crippen LogP contribution in [-0.4, -0.2) is 29.9 Å². The number of hydrogen-bond acceptors (Lipinski definition) is 4. The van der Waals surface area contributed by atoms with Crippen LogP contribution in [0.15, 0.2) is 34.1 Å². The molecule has 1 fully saturated rings. The van der Waals surface area contributed by atoms with Crippen LogP contribution in [0.4, 0.5) is 0 Å². The molecule has 1 aliphatic carbocycles. The third-order valence-corrected chi connectivity index (χ3v) is 6.56. The molecular formula is C13H16O4S2. The topological polar surface area (TPSA) is 68.3 Å². The summed E-state index contributed by atoms with van der Waals surface area (Å²) in [5.74, 6) is -0.0264. The van der Waals surface area contributed by atoms with Gasteiger partial charge in [-0.05, 0) is 30.7 Å². The van der Waals surface area contributed by atoms with Crippen molar-refractivity contribution >= 4 is 26.4 Å². The average Bonchev–Trinajstić information content (AvgIpc) is 2.68. The largest absolute Gasteiger partial charge is 0.299 e. The Kier molecular flexibility index (Phi) is 3.92. The highest BCUT2D eigenvalue weighted by Gasteiger charge is 2.35. The molecule has 19 heavy (non-hydrogen) atoms. The Labute approximate surface area is 115 Å². The third-order valence-electron chi connectivity index (χ3n) is 3.50. The minimum Gasteiger partial charge on any atom is -0.299 e. The van der Waals surface area contributed by atoms with Crippen molar-refractivity contribution in [1.82, 2.24) is 0 Å². The lowest BCUT2D eigenvalue weighted by atomic mass is 10.1. The van der Waals surface area contributed by atoms with Gasteiger partial charge in [0.1, 0.15) is 5.78 Å². The fourth-order valence-corrected chi connectivity index (χ4v) is 4.50. The molecule has 2 rings (SSSR count). The summed E-state index contributed by atoms with van der Waals surface area (Å²) in [6.45, 7) is 1.81. The van der Waals surface area contributed by atoms with Crippen molar-refractivity contribution in [2.45, 2.75) is 34.8 Å². The summed E-state index contributed by atoms with van der Waals surface area (Å²) in [5, 5.41) is -0.156. The van der Waals surface area contributed by atoms with Crippen LogP contribution < -0.4 is 0 Å². The van der Waals surface area contributed by atoms with Gasteiger partial charge in [-0.2, -0.15) is 0 Å². The Morgan fingerprint density at radius 2 is 1.79 bits per heavy atom. The van der Waals surface area contributed by atoms with Gasteiger partial charge in [-0.3, -0.25) is 9.00 Å². The highest BCUT2D eigenvalue weighted by atomic mass is 32.2. The second-order valence-corrected chi connectivity index (χ2v) is 8.56.